The molecule has 0 saturated heterocycles. The van der Waals surface area contributed by atoms with Crippen LogP contribution in [-0.2, 0) is 19.3 Å². The fraction of sp³-hybridized carbons (Fsp3) is 0.500. The Kier molecular flexibility index (Phi) is 3.52. The lowest BCUT2D eigenvalue weighted by Gasteiger charge is -2.02. The number of aromatic nitrogens is 2. The van der Waals surface area contributed by atoms with Crippen molar-refractivity contribution in [2.24, 2.45) is 0 Å². The van der Waals surface area contributed by atoms with E-state index < -0.39 is 11.7 Å². The second-order valence-electron chi connectivity index (χ2n) is 5.40. The first kappa shape index (κ1) is 14.2. The summed E-state index contributed by atoms with van der Waals surface area (Å²) in [5.74, 6) is 1.44. The van der Waals surface area contributed by atoms with Crippen molar-refractivity contribution < 1.29 is 17.6 Å². The van der Waals surface area contributed by atoms with Crippen LogP contribution in [0.25, 0.3) is 0 Å². The van der Waals surface area contributed by atoms with E-state index in [0.29, 0.717) is 18.3 Å². The van der Waals surface area contributed by atoms with E-state index >= 15 is 0 Å². The molecule has 0 aliphatic heterocycles. The van der Waals surface area contributed by atoms with Gasteiger partial charge in [-0.2, -0.15) is 18.3 Å². The van der Waals surface area contributed by atoms with Gasteiger partial charge < -0.3 is 9.73 Å². The molecule has 114 valence electrons. The van der Waals surface area contributed by atoms with Crippen molar-refractivity contribution in [2.45, 2.75) is 45.1 Å². The Labute approximate surface area is 119 Å². The lowest BCUT2D eigenvalue weighted by Crippen LogP contribution is -2.15. The summed E-state index contributed by atoms with van der Waals surface area (Å²) in [4.78, 5) is 0. The van der Waals surface area contributed by atoms with Gasteiger partial charge in [0, 0.05) is 12.2 Å². The van der Waals surface area contributed by atoms with Crippen LogP contribution < -0.4 is 5.32 Å². The van der Waals surface area contributed by atoms with Crippen LogP contribution in [0.5, 0.6) is 0 Å². The Morgan fingerprint density at radius 1 is 1.43 bits per heavy atom. The summed E-state index contributed by atoms with van der Waals surface area (Å²) in [5, 5.41) is 7.07. The van der Waals surface area contributed by atoms with Crippen LogP contribution >= 0.6 is 0 Å². The maximum Gasteiger partial charge on any atom is 0.419 e. The van der Waals surface area contributed by atoms with Gasteiger partial charge in [-0.15, -0.1) is 0 Å². The molecule has 1 aliphatic carbocycles. The van der Waals surface area contributed by atoms with Crippen molar-refractivity contribution in [3.05, 3.63) is 41.1 Å². The number of halogens is 3. The average Bonchev–Trinajstić information content (AvgIpc) is 2.98. The SMILES string of the molecule is Cc1cc(Cn2cc(C(F)(F)F)cn2)oc1CNC1CC1. The standard InChI is InChI=1S/C14H16F3N3O/c1-9-4-12(21-13(9)6-18-11-2-3-11)8-20-7-10(5-19-20)14(15,16)17/h4-5,7,11,18H,2-3,6,8H2,1H3. The molecule has 2 heterocycles. The topological polar surface area (TPSA) is 43.0 Å². The minimum absolute atomic E-state index is 0.195. The zero-order chi connectivity index (χ0) is 15.0. The zero-order valence-electron chi connectivity index (χ0n) is 11.6. The third-order valence-corrected chi connectivity index (χ3v) is 3.48. The van der Waals surface area contributed by atoms with Crippen LogP contribution in [0.15, 0.2) is 22.9 Å². The third kappa shape index (κ3) is 3.47. The van der Waals surface area contributed by atoms with Crippen molar-refractivity contribution in [1.82, 2.24) is 15.1 Å². The van der Waals surface area contributed by atoms with Crippen molar-refractivity contribution in [3.8, 4) is 0 Å². The Morgan fingerprint density at radius 3 is 2.81 bits per heavy atom. The molecule has 1 aliphatic rings. The molecule has 4 nitrogen and oxygen atoms in total. The first-order valence-corrected chi connectivity index (χ1v) is 6.83. The van der Waals surface area contributed by atoms with Crippen LogP contribution in [0.1, 0.15) is 35.5 Å². The number of hydrogen-bond donors (Lipinski definition) is 1. The predicted molar refractivity (Wildman–Crippen MR) is 69.6 cm³/mol. The Bertz CT molecular complexity index is 626. The van der Waals surface area contributed by atoms with Crippen LogP contribution in [0, 0.1) is 6.92 Å². The lowest BCUT2D eigenvalue weighted by atomic mass is 10.2. The number of aryl methyl sites for hydroxylation is 1. The van der Waals surface area contributed by atoms with Gasteiger partial charge in [-0.05, 0) is 31.4 Å². The molecular formula is C14H16F3N3O. The molecule has 0 atom stereocenters. The summed E-state index contributed by atoms with van der Waals surface area (Å²) in [6.07, 6.45) is -0.164. The van der Waals surface area contributed by atoms with Crippen molar-refractivity contribution in [3.63, 3.8) is 0 Å². The van der Waals surface area contributed by atoms with Crippen LogP contribution in [0.4, 0.5) is 13.2 Å². The van der Waals surface area contributed by atoms with Gasteiger partial charge in [0.15, 0.2) is 0 Å². The van der Waals surface area contributed by atoms with Crippen molar-refractivity contribution >= 4 is 0 Å². The Balaban J connectivity index is 1.66. The van der Waals surface area contributed by atoms with Crippen molar-refractivity contribution in [1.29, 1.82) is 0 Å². The maximum atomic E-state index is 12.5. The molecule has 1 fully saturated rings. The first-order chi connectivity index (χ1) is 9.91. The highest BCUT2D eigenvalue weighted by Crippen LogP contribution is 2.28. The van der Waals surface area contributed by atoms with E-state index in [2.05, 4.69) is 10.4 Å². The molecular weight excluding hydrogens is 283 g/mol. The molecule has 0 bridgehead atoms. The van der Waals surface area contributed by atoms with Crippen LogP contribution in [-0.4, -0.2) is 15.8 Å². The summed E-state index contributed by atoms with van der Waals surface area (Å²) in [6, 6.07) is 2.43. The largest absolute Gasteiger partial charge is 0.462 e. The predicted octanol–water partition coefficient (Wildman–Crippen LogP) is 3.10. The second-order valence-corrected chi connectivity index (χ2v) is 5.40. The molecule has 0 spiro atoms. The van der Waals surface area contributed by atoms with Gasteiger partial charge in [0.1, 0.15) is 11.5 Å². The van der Waals surface area contributed by atoms with Gasteiger partial charge >= 0.3 is 6.18 Å². The monoisotopic (exact) mass is 299 g/mol. The van der Waals surface area contributed by atoms with Gasteiger partial charge in [-0.3, -0.25) is 4.68 Å². The Hall–Kier alpha value is -1.76. The molecule has 7 heteroatoms. The normalized spacial score (nSPS) is 15.6. The van der Waals surface area contributed by atoms with E-state index in [-0.39, 0.29) is 6.54 Å². The number of nitrogens with zero attached hydrogens (tertiary/aromatic N) is 2. The quantitative estimate of drug-likeness (QED) is 0.922. The minimum Gasteiger partial charge on any atom is -0.462 e. The van der Waals surface area contributed by atoms with E-state index in [1.807, 2.05) is 13.0 Å². The second kappa shape index (κ2) is 5.22. The van der Waals surface area contributed by atoms with Gasteiger partial charge in [-0.1, -0.05) is 0 Å². The molecule has 2 aromatic heterocycles. The summed E-state index contributed by atoms with van der Waals surface area (Å²) in [7, 11) is 0. The first-order valence-electron chi connectivity index (χ1n) is 6.83. The highest BCUT2D eigenvalue weighted by molar-refractivity contribution is 5.20. The van der Waals surface area contributed by atoms with E-state index in [0.717, 1.165) is 23.7 Å². The van der Waals surface area contributed by atoms with E-state index in [1.165, 1.54) is 17.5 Å². The highest BCUT2D eigenvalue weighted by Gasteiger charge is 2.32. The Morgan fingerprint density at radius 2 is 2.19 bits per heavy atom. The van der Waals surface area contributed by atoms with E-state index in [1.54, 1.807) is 0 Å². The molecule has 0 aromatic carbocycles. The maximum absolute atomic E-state index is 12.5. The smallest absolute Gasteiger partial charge is 0.419 e. The molecule has 21 heavy (non-hydrogen) atoms. The molecule has 0 amide bonds. The number of furan rings is 1. The van der Waals surface area contributed by atoms with Gasteiger partial charge in [-0.25, -0.2) is 0 Å². The lowest BCUT2D eigenvalue weighted by molar-refractivity contribution is -0.137. The summed E-state index contributed by atoms with van der Waals surface area (Å²) in [6.45, 7) is 2.78. The molecule has 1 N–H and O–H groups in total. The number of nitrogens with one attached hydrogen (secondary N) is 1. The molecule has 0 unspecified atom stereocenters. The summed E-state index contributed by atoms with van der Waals surface area (Å²) < 4.78 is 44.4. The zero-order valence-corrected chi connectivity index (χ0v) is 11.6. The minimum atomic E-state index is -4.36. The number of hydrogen-bond acceptors (Lipinski definition) is 3. The fourth-order valence-electron chi connectivity index (χ4n) is 2.12. The molecule has 3 rings (SSSR count). The van der Waals surface area contributed by atoms with Gasteiger partial charge in [0.05, 0.1) is 24.8 Å². The summed E-state index contributed by atoms with van der Waals surface area (Å²) >= 11 is 0. The number of rotatable bonds is 5. The van der Waals surface area contributed by atoms with Gasteiger partial charge in [0.2, 0.25) is 0 Å². The van der Waals surface area contributed by atoms with Crippen LogP contribution in [0.2, 0.25) is 0 Å². The highest BCUT2D eigenvalue weighted by atomic mass is 19.4. The average molecular weight is 299 g/mol. The molecule has 1 saturated carbocycles. The van der Waals surface area contributed by atoms with Gasteiger partial charge in [0.25, 0.3) is 0 Å². The molecule has 2 aromatic rings. The van der Waals surface area contributed by atoms with Crippen LogP contribution in [0.3, 0.4) is 0 Å². The molecule has 0 radical (unpaired) electrons. The fourth-order valence-corrected chi connectivity index (χ4v) is 2.12. The van der Waals surface area contributed by atoms with E-state index in [9.17, 15) is 13.2 Å². The third-order valence-electron chi connectivity index (χ3n) is 3.48. The number of alkyl halides is 3. The van der Waals surface area contributed by atoms with E-state index in [4.69, 9.17) is 4.42 Å². The van der Waals surface area contributed by atoms with Crippen molar-refractivity contribution in [2.75, 3.05) is 0 Å². The summed E-state index contributed by atoms with van der Waals surface area (Å²) in [5.41, 5.74) is 0.253.